The molecule has 4 aliphatic carbocycles. The van der Waals surface area contributed by atoms with Gasteiger partial charge in [0.05, 0.1) is 4.91 Å². The third-order valence-corrected chi connectivity index (χ3v) is 8.32. The number of benzene rings is 1. The third-order valence-electron chi connectivity index (χ3n) is 7.42. The molecule has 0 aromatic heterocycles. The first kappa shape index (κ1) is 22.4. The summed E-state index contributed by atoms with van der Waals surface area (Å²) >= 11 is 0.832. The van der Waals surface area contributed by atoms with Crippen molar-refractivity contribution in [2.24, 2.45) is 23.2 Å². The summed E-state index contributed by atoms with van der Waals surface area (Å²) in [6.45, 7) is -2.54. The van der Waals surface area contributed by atoms with Gasteiger partial charge in [-0.2, -0.15) is 8.78 Å². The van der Waals surface area contributed by atoms with Crippen LogP contribution in [0.15, 0.2) is 29.2 Å². The van der Waals surface area contributed by atoms with Crippen LogP contribution < -0.4 is 10.1 Å². The minimum atomic E-state index is -2.91. The van der Waals surface area contributed by atoms with Crippen molar-refractivity contribution in [3.05, 3.63) is 34.7 Å². The lowest BCUT2D eigenvalue weighted by Gasteiger charge is -2.55. The number of amides is 3. The zero-order chi connectivity index (χ0) is 23.2. The van der Waals surface area contributed by atoms with Crippen molar-refractivity contribution in [3.63, 3.8) is 0 Å². The van der Waals surface area contributed by atoms with Crippen LogP contribution in [0.3, 0.4) is 0 Å². The van der Waals surface area contributed by atoms with Crippen molar-refractivity contribution in [1.82, 2.24) is 10.2 Å². The van der Waals surface area contributed by atoms with Gasteiger partial charge in [0.2, 0.25) is 5.91 Å². The molecule has 0 radical (unpaired) electrons. The van der Waals surface area contributed by atoms with Crippen molar-refractivity contribution in [3.8, 4) is 5.75 Å². The molecule has 6 rings (SSSR count). The Hall–Kier alpha value is -2.42. The predicted octanol–water partition coefficient (Wildman–Crippen LogP) is 4.66. The van der Waals surface area contributed by atoms with Gasteiger partial charge in [-0.05, 0) is 91.8 Å². The highest BCUT2D eigenvalue weighted by molar-refractivity contribution is 8.18. The third kappa shape index (κ3) is 4.52. The lowest BCUT2D eigenvalue weighted by atomic mass is 9.49. The standard InChI is InChI=1S/C24H26F2N2O4S/c25-22(26)32-18-3-1-14(2-4-18)10-19-20(29)28(23(31)33-19)6-5-27-21(30)24-11-15-7-16(12-24)9-17(8-15)13-24/h1-4,10,15-17,22H,5-9,11-13H2,(H,27,30)/b19-10-. The molecule has 1 N–H and O–H groups in total. The second kappa shape index (κ2) is 8.74. The molecule has 5 fully saturated rings. The van der Waals surface area contributed by atoms with E-state index < -0.39 is 12.5 Å². The van der Waals surface area contributed by atoms with Crippen LogP contribution in [-0.4, -0.2) is 41.7 Å². The number of halogens is 2. The normalized spacial score (nSPS) is 31.7. The van der Waals surface area contributed by atoms with Crippen LogP contribution in [0.5, 0.6) is 5.75 Å². The maximum absolute atomic E-state index is 13.1. The molecule has 1 aromatic carbocycles. The van der Waals surface area contributed by atoms with Crippen LogP contribution in [0.25, 0.3) is 6.08 Å². The Bertz CT molecular complexity index is 959. The second-order valence-corrected chi connectivity index (χ2v) is 10.7. The summed E-state index contributed by atoms with van der Waals surface area (Å²) in [5.74, 6) is 1.69. The molecular weight excluding hydrogens is 450 g/mol. The Labute approximate surface area is 195 Å². The Kier molecular flexibility index (Phi) is 5.93. The number of ether oxygens (including phenoxy) is 1. The Morgan fingerprint density at radius 3 is 2.30 bits per heavy atom. The van der Waals surface area contributed by atoms with Crippen molar-refractivity contribution in [1.29, 1.82) is 0 Å². The van der Waals surface area contributed by atoms with Gasteiger partial charge in [-0.1, -0.05) is 12.1 Å². The zero-order valence-corrected chi connectivity index (χ0v) is 18.9. The smallest absolute Gasteiger partial charge is 0.387 e. The minimum Gasteiger partial charge on any atom is -0.435 e. The molecule has 1 aromatic rings. The Morgan fingerprint density at radius 1 is 1.12 bits per heavy atom. The lowest BCUT2D eigenvalue weighted by molar-refractivity contribution is -0.146. The van der Waals surface area contributed by atoms with E-state index in [9.17, 15) is 23.2 Å². The monoisotopic (exact) mass is 476 g/mol. The summed E-state index contributed by atoms with van der Waals surface area (Å²) in [7, 11) is 0. The number of carbonyl (C=O) groups is 3. The number of hydrogen-bond acceptors (Lipinski definition) is 5. The highest BCUT2D eigenvalue weighted by Crippen LogP contribution is 2.60. The Morgan fingerprint density at radius 2 is 1.73 bits per heavy atom. The number of nitrogens with zero attached hydrogens (tertiary/aromatic N) is 1. The highest BCUT2D eigenvalue weighted by atomic mass is 32.2. The number of rotatable bonds is 7. The van der Waals surface area contributed by atoms with E-state index in [1.807, 2.05) is 0 Å². The van der Waals surface area contributed by atoms with E-state index >= 15 is 0 Å². The predicted molar refractivity (Wildman–Crippen MR) is 119 cm³/mol. The summed E-state index contributed by atoms with van der Waals surface area (Å²) in [5.41, 5.74) is 0.338. The minimum absolute atomic E-state index is 0.0185. The molecule has 0 unspecified atom stereocenters. The quantitative estimate of drug-likeness (QED) is 0.580. The van der Waals surface area contributed by atoms with E-state index in [1.165, 1.54) is 43.5 Å². The van der Waals surface area contributed by atoms with Gasteiger partial charge in [0.1, 0.15) is 5.75 Å². The van der Waals surface area contributed by atoms with Crippen LogP contribution in [0.1, 0.15) is 44.1 Å². The molecule has 9 heteroatoms. The first-order valence-electron chi connectivity index (χ1n) is 11.4. The molecule has 0 atom stereocenters. The molecule has 176 valence electrons. The molecular formula is C24H26F2N2O4S. The van der Waals surface area contributed by atoms with E-state index in [0.717, 1.165) is 35.9 Å². The molecule has 1 heterocycles. The van der Waals surface area contributed by atoms with Crippen LogP contribution in [0.2, 0.25) is 0 Å². The van der Waals surface area contributed by atoms with Crippen molar-refractivity contribution < 1.29 is 27.9 Å². The molecule has 33 heavy (non-hydrogen) atoms. The number of thioether (sulfide) groups is 1. The molecule has 6 nitrogen and oxygen atoms in total. The summed E-state index contributed by atoms with van der Waals surface area (Å²) in [5, 5.41) is 2.62. The number of carbonyl (C=O) groups excluding carboxylic acids is 3. The van der Waals surface area contributed by atoms with Gasteiger partial charge in [0, 0.05) is 18.5 Å². The average Bonchev–Trinajstić information content (AvgIpc) is 3.01. The fourth-order valence-corrected chi connectivity index (χ4v) is 7.31. The Balaban J connectivity index is 1.16. The first-order valence-corrected chi connectivity index (χ1v) is 12.2. The molecule has 1 aliphatic heterocycles. The fourth-order valence-electron chi connectivity index (χ4n) is 6.45. The summed E-state index contributed by atoms with van der Waals surface area (Å²) in [6.07, 6.45) is 8.24. The number of alkyl halides is 2. The highest BCUT2D eigenvalue weighted by Gasteiger charge is 2.54. The van der Waals surface area contributed by atoms with E-state index in [0.29, 0.717) is 23.3 Å². The van der Waals surface area contributed by atoms with Crippen molar-refractivity contribution >= 4 is 34.9 Å². The topological polar surface area (TPSA) is 75.7 Å². The summed E-state index contributed by atoms with van der Waals surface area (Å²) < 4.78 is 28.9. The molecule has 3 amide bonds. The van der Waals surface area contributed by atoms with E-state index in [1.54, 1.807) is 6.08 Å². The zero-order valence-electron chi connectivity index (χ0n) is 18.1. The van der Waals surface area contributed by atoms with Gasteiger partial charge in [0.15, 0.2) is 0 Å². The van der Waals surface area contributed by atoms with Gasteiger partial charge in [-0.3, -0.25) is 19.3 Å². The largest absolute Gasteiger partial charge is 0.435 e. The van der Waals surface area contributed by atoms with Crippen molar-refractivity contribution in [2.45, 2.75) is 45.1 Å². The van der Waals surface area contributed by atoms with Crippen LogP contribution in [-0.2, 0) is 9.59 Å². The molecule has 1 saturated heterocycles. The SMILES string of the molecule is O=C1S/C(=C\c2ccc(OC(F)F)cc2)C(=O)N1CCNC(=O)C12CC3CC(CC(C3)C1)C2. The maximum atomic E-state index is 13.1. The van der Waals surface area contributed by atoms with Crippen LogP contribution in [0, 0.1) is 23.2 Å². The number of imide groups is 1. The number of nitrogens with one attached hydrogen (secondary N) is 1. The lowest BCUT2D eigenvalue weighted by Crippen LogP contribution is -2.54. The van der Waals surface area contributed by atoms with E-state index in [-0.39, 0.29) is 40.3 Å². The second-order valence-electron chi connectivity index (χ2n) is 9.73. The maximum Gasteiger partial charge on any atom is 0.387 e. The van der Waals surface area contributed by atoms with E-state index in [4.69, 9.17) is 0 Å². The molecule has 4 bridgehead atoms. The molecule has 0 spiro atoms. The molecule has 5 aliphatic rings. The first-order chi connectivity index (χ1) is 15.8. The average molecular weight is 477 g/mol. The summed E-state index contributed by atoms with van der Waals surface area (Å²) in [6, 6.07) is 5.83. The number of hydrogen-bond donors (Lipinski definition) is 1. The molecule has 4 saturated carbocycles. The van der Waals surface area contributed by atoms with Gasteiger partial charge < -0.3 is 10.1 Å². The van der Waals surface area contributed by atoms with Gasteiger partial charge in [0.25, 0.3) is 11.1 Å². The summed E-state index contributed by atoms with van der Waals surface area (Å²) in [4.78, 5) is 39.5. The van der Waals surface area contributed by atoms with E-state index in [2.05, 4.69) is 10.1 Å². The van der Waals surface area contributed by atoms with Gasteiger partial charge in [-0.25, -0.2) is 0 Å². The van der Waals surface area contributed by atoms with Crippen LogP contribution >= 0.6 is 11.8 Å². The van der Waals surface area contributed by atoms with Crippen LogP contribution in [0.4, 0.5) is 13.6 Å². The van der Waals surface area contributed by atoms with Gasteiger partial charge in [-0.15, -0.1) is 0 Å². The van der Waals surface area contributed by atoms with Crippen molar-refractivity contribution in [2.75, 3.05) is 13.1 Å². The van der Waals surface area contributed by atoms with Gasteiger partial charge >= 0.3 is 6.61 Å². The fraction of sp³-hybridized carbons (Fsp3) is 0.542.